The second-order valence-electron chi connectivity index (χ2n) is 8.45. The normalized spacial score (nSPS) is 19.1. The molecule has 158 valence electrons. The number of carbonyl (C=O) groups excluding carboxylic acids is 3. The lowest BCUT2D eigenvalue weighted by Gasteiger charge is -2.24. The number of hydrogen-bond acceptors (Lipinski definition) is 3. The minimum atomic E-state index is -1.31. The largest absolute Gasteiger partial charge is 0.325 e. The molecule has 0 spiro atoms. The van der Waals surface area contributed by atoms with E-state index in [9.17, 15) is 23.2 Å². The molecule has 4 amide bonds. The molecule has 6 nitrogen and oxygen atoms in total. The van der Waals surface area contributed by atoms with Gasteiger partial charge in [-0.25, -0.2) is 13.6 Å². The van der Waals surface area contributed by atoms with Crippen molar-refractivity contribution in [3.63, 3.8) is 0 Å². The van der Waals surface area contributed by atoms with Crippen molar-refractivity contribution in [2.75, 3.05) is 11.9 Å². The molecule has 2 aromatic rings. The highest BCUT2D eigenvalue weighted by atomic mass is 19.2. The zero-order chi connectivity index (χ0) is 22.3. The van der Waals surface area contributed by atoms with Gasteiger partial charge < -0.3 is 10.6 Å². The quantitative estimate of drug-likeness (QED) is 0.748. The van der Waals surface area contributed by atoms with Crippen LogP contribution in [0.2, 0.25) is 0 Å². The van der Waals surface area contributed by atoms with Crippen LogP contribution in [0.15, 0.2) is 42.5 Å². The first-order chi connectivity index (χ1) is 13.9. The maximum absolute atomic E-state index is 13.3. The maximum atomic E-state index is 13.3. The average Bonchev–Trinajstić information content (AvgIpc) is 2.88. The molecule has 1 fully saturated rings. The van der Waals surface area contributed by atoms with Crippen LogP contribution in [0.5, 0.6) is 0 Å². The molecule has 0 bridgehead atoms. The summed E-state index contributed by atoms with van der Waals surface area (Å²) in [5, 5.41) is 4.99. The number of carbonyl (C=O) groups is 3. The Morgan fingerprint density at radius 2 is 1.70 bits per heavy atom. The zero-order valence-electron chi connectivity index (χ0n) is 17.2. The van der Waals surface area contributed by atoms with Crippen molar-refractivity contribution in [2.24, 2.45) is 0 Å². The van der Waals surface area contributed by atoms with Crippen LogP contribution < -0.4 is 10.6 Å². The Bertz CT molecular complexity index is 1020. The van der Waals surface area contributed by atoms with E-state index in [-0.39, 0.29) is 11.1 Å². The molecule has 3 rings (SSSR count). The first-order valence-corrected chi connectivity index (χ1v) is 9.42. The Kier molecular flexibility index (Phi) is 5.36. The summed E-state index contributed by atoms with van der Waals surface area (Å²) in [6, 6.07) is 9.53. The molecular weight excluding hydrogens is 392 g/mol. The van der Waals surface area contributed by atoms with Crippen molar-refractivity contribution < 1.29 is 23.2 Å². The number of halogens is 2. The van der Waals surface area contributed by atoms with Crippen LogP contribution in [0.1, 0.15) is 38.8 Å². The second-order valence-corrected chi connectivity index (χ2v) is 8.45. The van der Waals surface area contributed by atoms with Crippen molar-refractivity contribution in [3.05, 3.63) is 65.2 Å². The number of anilines is 1. The van der Waals surface area contributed by atoms with Gasteiger partial charge in [0.1, 0.15) is 12.1 Å². The number of imide groups is 1. The predicted molar refractivity (Wildman–Crippen MR) is 108 cm³/mol. The van der Waals surface area contributed by atoms with Crippen LogP contribution in [0, 0.1) is 11.6 Å². The van der Waals surface area contributed by atoms with Crippen LogP contribution in [0.25, 0.3) is 0 Å². The van der Waals surface area contributed by atoms with E-state index in [4.69, 9.17) is 0 Å². The predicted octanol–water partition coefficient (Wildman–Crippen LogP) is 3.67. The van der Waals surface area contributed by atoms with Crippen molar-refractivity contribution in [3.8, 4) is 0 Å². The fraction of sp³-hybridized carbons (Fsp3) is 0.318. The molecule has 0 saturated carbocycles. The number of urea groups is 1. The van der Waals surface area contributed by atoms with E-state index < -0.39 is 41.6 Å². The van der Waals surface area contributed by atoms with Crippen molar-refractivity contribution >= 4 is 23.5 Å². The van der Waals surface area contributed by atoms with E-state index in [1.165, 1.54) is 6.07 Å². The van der Waals surface area contributed by atoms with Crippen molar-refractivity contribution in [1.82, 2.24) is 10.2 Å². The third-order valence-electron chi connectivity index (χ3n) is 5.11. The molecule has 0 aliphatic carbocycles. The molecule has 0 radical (unpaired) electrons. The van der Waals surface area contributed by atoms with Gasteiger partial charge in [0.05, 0.1) is 0 Å². The van der Waals surface area contributed by atoms with Gasteiger partial charge in [-0.2, -0.15) is 0 Å². The SMILES string of the molecule is CC(C)(C)c1ccc(C2(C)NC(=O)N(CC(=O)Nc3ccc(F)c(F)c3)C2=O)cc1. The number of hydrogen-bond donors (Lipinski definition) is 2. The summed E-state index contributed by atoms with van der Waals surface area (Å²) in [5.41, 5.74) is 0.320. The number of rotatable bonds is 4. The summed E-state index contributed by atoms with van der Waals surface area (Å²) in [4.78, 5) is 38.4. The van der Waals surface area contributed by atoms with Gasteiger partial charge in [-0.15, -0.1) is 0 Å². The lowest BCUT2D eigenvalue weighted by atomic mass is 9.84. The van der Waals surface area contributed by atoms with Crippen LogP contribution in [-0.2, 0) is 20.5 Å². The molecule has 30 heavy (non-hydrogen) atoms. The van der Waals surface area contributed by atoms with Crippen LogP contribution in [-0.4, -0.2) is 29.3 Å². The maximum Gasteiger partial charge on any atom is 0.325 e. The highest BCUT2D eigenvalue weighted by Crippen LogP contribution is 2.31. The average molecular weight is 415 g/mol. The van der Waals surface area contributed by atoms with Gasteiger partial charge >= 0.3 is 6.03 Å². The van der Waals surface area contributed by atoms with Gasteiger partial charge in [0.2, 0.25) is 5.91 Å². The summed E-state index contributed by atoms with van der Waals surface area (Å²) in [7, 11) is 0. The lowest BCUT2D eigenvalue weighted by Crippen LogP contribution is -2.42. The third kappa shape index (κ3) is 4.03. The monoisotopic (exact) mass is 415 g/mol. The first kappa shape index (κ1) is 21.4. The van der Waals surface area contributed by atoms with Crippen LogP contribution >= 0.6 is 0 Å². The molecule has 1 atom stereocenters. The summed E-state index contributed by atoms with van der Waals surface area (Å²) in [6.45, 7) is 7.23. The summed E-state index contributed by atoms with van der Waals surface area (Å²) < 4.78 is 26.3. The molecule has 8 heteroatoms. The zero-order valence-corrected chi connectivity index (χ0v) is 17.2. The van der Waals surface area contributed by atoms with E-state index in [0.29, 0.717) is 5.56 Å². The molecule has 1 saturated heterocycles. The highest BCUT2D eigenvalue weighted by Gasteiger charge is 2.49. The van der Waals surface area contributed by atoms with E-state index in [0.717, 1.165) is 22.6 Å². The topological polar surface area (TPSA) is 78.5 Å². The van der Waals surface area contributed by atoms with Crippen molar-refractivity contribution in [2.45, 2.75) is 38.6 Å². The van der Waals surface area contributed by atoms with Gasteiger partial charge in [-0.1, -0.05) is 45.0 Å². The fourth-order valence-electron chi connectivity index (χ4n) is 3.26. The van der Waals surface area contributed by atoms with Gasteiger partial charge in [0, 0.05) is 11.8 Å². The second kappa shape index (κ2) is 7.51. The van der Waals surface area contributed by atoms with Gasteiger partial charge in [0.15, 0.2) is 11.6 Å². The van der Waals surface area contributed by atoms with Gasteiger partial charge in [-0.3, -0.25) is 14.5 Å². The van der Waals surface area contributed by atoms with E-state index in [2.05, 4.69) is 31.4 Å². The fourth-order valence-corrected chi connectivity index (χ4v) is 3.26. The van der Waals surface area contributed by atoms with E-state index >= 15 is 0 Å². The number of amides is 4. The Labute approximate surface area is 173 Å². The molecule has 2 N–H and O–H groups in total. The number of nitrogens with one attached hydrogen (secondary N) is 2. The third-order valence-corrected chi connectivity index (χ3v) is 5.11. The first-order valence-electron chi connectivity index (χ1n) is 9.42. The highest BCUT2D eigenvalue weighted by molar-refractivity contribution is 6.10. The molecule has 1 heterocycles. The van der Waals surface area contributed by atoms with Crippen LogP contribution in [0.3, 0.4) is 0 Å². The minimum absolute atomic E-state index is 0.0199. The Morgan fingerprint density at radius 3 is 2.27 bits per heavy atom. The van der Waals surface area contributed by atoms with Gasteiger partial charge in [0.25, 0.3) is 5.91 Å². The Hall–Kier alpha value is -3.29. The summed E-state index contributed by atoms with van der Waals surface area (Å²) in [6.07, 6.45) is 0. The molecule has 0 aromatic heterocycles. The Balaban J connectivity index is 1.75. The molecule has 1 aliphatic rings. The van der Waals surface area contributed by atoms with E-state index in [1.54, 1.807) is 19.1 Å². The smallest absolute Gasteiger partial charge is 0.324 e. The van der Waals surface area contributed by atoms with E-state index in [1.807, 2.05) is 12.1 Å². The summed E-state index contributed by atoms with van der Waals surface area (Å²) >= 11 is 0. The molecular formula is C22H23F2N3O3. The molecule has 1 unspecified atom stereocenters. The van der Waals surface area contributed by atoms with Crippen LogP contribution in [0.4, 0.5) is 19.3 Å². The lowest BCUT2D eigenvalue weighted by molar-refractivity contribution is -0.133. The standard InChI is InChI=1S/C22H23F2N3O3/c1-21(2,3)13-5-7-14(8-6-13)22(4)19(29)27(20(30)26-22)12-18(28)25-15-9-10-16(23)17(24)11-15/h5-11H,12H2,1-4H3,(H,25,28)(H,26,30). The number of benzene rings is 2. The molecule has 2 aromatic carbocycles. The van der Waals surface area contributed by atoms with Crippen molar-refractivity contribution in [1.29, 1.82) is 0 Å². The Morgan fingerprint density at radius 1 is 1.07 bits per heavy atom. The van der Waals surface area contributed by atoms with Gasteiger partial charge in [-0.05, 0) is 35.6 Å². The minimum Gasteiger partial charge on any atom is -0.324 e. The summed E-state index contributed by atoms with van der Waals surface area (Å²) in [5.74, 6) is -3.45. The molecule has 1 aliphatic heterocycles. The number of nitrogens with zero attached hydrogens (tertiary/aromatic N) is 1.